The van der Waals surface area contributed by atoms with E-state index in [9.17, 15) is 4.79 Å². The second-order valence-corrected chi connectivity index (χ2v) is 4.16. The lowest BCUT2D eigenvalue weighted by molar-refractivity contribution is 0.0711. The van der Waals surface area contributed by atoms with Gasteiger partial charge >= 0.3 is 0 Å². The van der Waals surface area contributed by atoms with E-state index in [1.54, 1.807) is 18.5 Å². The smallest absolute Gasteiger partial charge is 0.255 e. The van der Waals surface area contributed by atoms with Crippen LogP contribution in [0.1, 0.15) is 16.1 Å². The van der Waals surface area contributed by atoms with Crippen LogP contribution in [0.3, 0.4) is 0 Å². The van der Waals surface area contributed by atoms with Crippen LogP contribution in [0.15, 0.2) is 42.9 Å². The zero-order chi connectivity index (χ0) is 11.7. The highest BCUT2D eigenvalue weighted by Gasteiger charge is 2.21. The average molecular weight is 227 g/mol. The van der Waals surface area contributed by atoms with Gasteiger partial charge in [0, 0.05) is 37.4 Å². The highest BCUT2D eigenvalue weighted by atomic mass is 16.2. The molecule has 0 aliphatic carbocycles. The van der Waals surface area contributed by atoms with E-state index < -0.39 is 0 Å². The Morgan fingerprint density at radius 1 is 1.24 bits per heavy atom. The van der Waals surface area contributed by atoms with Gasteiger partial charge in [0.05, 0.1) is 12.1 Å². The van der Waals surface area contributed by atoms with Crippen molar-refractivity contribution in [2.75, 3.05) is 6.54 Å². The van der Waals surface area contributed by atoms with Crippen molar-refractivity contribution >= 4 is 5.91 Å². The average Bonchev–Trinajstić information content (AvgIpc) is 2.86. The second kappa shape index (κ2) is 4.05. The van der Waals surface area contributed by atoms with E-state index in [1.807, 2.05) is 17.0 Å². The van der Waals surface area contributed by atoms with Gasteiger partial charge in [0.15, 0.2) is 0 Å². The van der Waals surface area contributed by atoms with Crippen molar-refractivity contribution in [1.29, 1.82) is 0 Å². The molecule has 0 atom stereocenters. The minimum absolute atomic E-state index is 0.0607. The van der Waals surface area contributed by atoms with Crippen molar-refractivity contribution in [3.8, 4) is 0 Å². The molecule has 0 aromatic carbocycles. The van der Waals surface area contributed by atoms with E-state index in [1.165, 1.54) is 5.69 Å². The van der Waals surface area contributed by atoms with E-state index in [0.29, 0.717) is 12.1 Å². The fraction of sp³-hybridized carbons (Fsp3) is 0.231. The molecule has 1 aliphatic rings. The molecule has 86 valence electrons. The first-order valence-corrected chi connectivity index (χ1v) is 5.68. The summed E-state index contributed by atoms with van der Waals surface area (Å²) in [7, 11) is 0. The molecule has 0 fully saturated rings. The van der Waals surface area contributed by atoms with E-state index in [4.69, 9.17) is 0 Å². The van der Waals surface area contributed by atoms with Crippen molar-refractivity contribution in [3.05, 3.63) is 54.1 Å². The topological polar surface area (TPSA) is 38.1 Å². The SMILES string of the molecule is O=C(c1cccnc1)N1CCn2cccc2C1. The number of rotatable bonds is 1. The van der Waals surface area contributed by atoms with E-state index in [0.717, 1.165) is 13.1 Å². The molecule has 0 spiro atoms. The molecule has 0 radical (unpaired) electrons. The van der Waals surface area contributed by atoms with E-state index in [-0.39, 0.29) is 5.91 Å². The number of aromatic nitrogens is 2. The summed E-state index contributed by atoms with van der Waals surface area (Å²) in [5, 5.41) is 0. The molecule has 3 heterocycles. The predicted molar refractivity (Wildman–Crippen MR) is 63.4 cm³/mol. The maximum Gasteiger partial charge on any atom is 0.255 e. The Balaban J connectivity index is 1.81. The molecular weight excluding hydrogens is 214 g/mol. The third kappa shape index (κ3) is 1.82. The summed E-state index contributed by atoms with van der Waals surface area (Å²) in [6, 6.07) is 7.68. The minimum Gasteiger partial charge on any atom is -0.348 e. The molecule has 17 heavy (non-hydrogen) atoms. The minimum atomic E-state index is 0.0607. The number of amides is 1. The Hall–Kier alpha value is -2.10. The van der Waals surface area contributed by atoms with Crippen LogP contribution in [0.4, 0.5) is 0 Å². The van der Waals surface area contributed by atoms with Gasteiger partial charge < -0.3 is 9.47 Å². The number of carbonyl (C=O) groups excluding carboxylic acids is 1. The Bertz CT molecular complexity index is 533. The number of fused-ring (bicyclic) bond motifs is 1. The fourth-order valence-corrected chi connectivity index (χ4v) is 2.16. The van der Waals surface area contributed by atoms with Crippen LogP contribution < -0.4 is 0 Å². The molecule has 0 unspecified atom stereocenters. The van der Waals surface area contributed by atoms with Crippen molar-refractivity contribution in [1.82, 2.24) is 14.5 Å². The zero-order valence-electron chi connectivity index (χ0n) is 9.41. The highest BCUT2D eigenvalue weighted by molar-refractivity contribution is 5.93. The van der Waals surface area contributed by atoms with Crippen LogP contribution in [-0.2, 0) is 13.1 Å². The third-order valence-electron chi connectivity index (χ3n) is 3.08. The summed E-state index contributed by atoms with van der Waals surface area (Å²) in [5.41, 5.74) is 1.85. The van der Waals surface area contributed by atoms with Gasteiger partial charge in [-0.15, -0.1) is 0 Å². The van der Waals surface area contributed by atoms with Crippen LogP contribution in [0.5, 0.6) is 0 Å². The Kier molecular flexibility index (Phi) is 2.40. The van der Waals surface area contributed by atoms with Crippen LogP contribution >= 0.6 is 0 Å². The Labute approximate surface area is 99.5 Å². The van der Waals surface area contributed by atoms with E-state index in [2.05, 4.69) is 21.8 Å². The van der Waals surface area contributed by atoms with Crippen molar-refractivity contribution in [2.45, 2.75) is 13.1 Å². The standard InChI is InChI=1S/C13H13N3O/c17-13(11-3-1-5-14-9-11)16-8-7-15-6-2-4-12(15)10-16/h1-6,9H,7-8,10H2. The first kappa shape index (κ1) is 10.1. The van der Waals surface area contributed by atoms with Gasteiger partial charge in [0.2, 0.25) is 0 Å². The van der Waals surface area contributed by atoms with E-state index >= 15 is 0 Å². The van der Waals surface area contributed by atoms with Crippen LogP contribution in [0.2, 0.25) is 0 Å². The van der Waals surface area contributed by atoms with Crippen LogP contribution in [0.25, 0.3) is 0 Å². The Morgan fingerprint density at radius 2 is 2.18 bits per heavy atom. The normalized spacial score (nSPS) is 14.5. The predicted octanol–water partition coefficient (Wildman–Crippen LogP) is 1.54. The summed E-state index contributed by atoms with van der Waals surface area (Å²) in [5.74, 6) is 0.0607. The summed E-state index contributed by atoms with van der Waals surface area (Å²) < 4.78 is 2.19. The summed E-state index contributed by atoms with van der Waals surface area (Å²) >= 11 is 0. The number of carbonyl (C=O) groups is 1. The molecule has 1 aliphatic heterocycles. The molecule has 0 saturated heterocycles. The number of hydrogen-bond donors (Lipinski definition) is 0. The monoisotopic (exact) mass is 227 g/mol. The second-order valence-electron chi connectivity index (χ2n) is 4.16. The largest absolute Gasteiger partial charge is 0.348 e. The molecule has 3 rings (SSSR count). The summed E-state index contributed by atoms with van der Waals surface area (Å²) in [6.45, 7) is 2.31. The summed E-state index contributed by atoms with van der Waals surface area (Å²) in [4.78, 5) is 18.1. The summed E-state index contributed by atoms with van der Waals surface area (Å²) in [6.07, 6.45) is 5.36. The highest BCUT2D eigenvalue weighted by Crippen LogP contribution is 2.15. The Morgan fingerprint density at radius 3 is 3.00 bits per heavy atom. The molecule has 0 saturated carbocycles. The molecule has 4 nitrogen and oxygen atoms in total. The van der Waals surface area contributed by atoms with Crippen LogP contribution in [0, 0.1) is 0 Å². The first-order valence-electron chi connectivity index (χ1n) is 5.68. The van der Waals surface area contributed by atoms with Gasteiger partial charge in [-0.3, -0.25) is 9.78 Å². The zero-order valence-corrected chi connectivity index (χ0v) is 9.41. The molecular formula is C13H13N3O. The molecule has 2 aromatic heterocycles. The van der Waals surface area contributed by atoms with Gasteiger partial charge in [-0.05, 0) is 24.3 Å². The quantitative estimate of drug-likeness (QED) is 0.741. The van der Waals surface area contributed by atoms with Crippen molar-refractivity contribution < 1.29 is 4.79 Å². The number of pyridine rings is 1. The van der Waals surface area contributed by atoms with Crippen molar-refractivity contribution in [3.63, 3.8) is 0 Å². The maximum atomic E-state index is 12.2. The van der Waals surface area contributed by atoms with Gasteiger partial charge in [0.1, 0.15) is 0 Å². The molecule has 1 amide bonds. The number of nitrogens with zero attached hydrogens (tertiary/aromatic N) is 3. The molecule has 2 aromatic rings. The van der Waals surface area contributed by atoms with Gasteiger partial charge in [-0.1, -0.05) is 0 Å². The van der Waals surface area contributed by atoms with Gasteiger partial charge in [0.25, 0.3) is 5.91 Å². The first-order chi connectivity index (χ1) is 8.34. The maximum absolute atomic E-state index is 12.2. The molecule has 4 heteroatoms. The van der Waals surface area contributed by atoms with Crippen LogP contribution in [-0.4, -0.2) is 26.9 Å². The lowest BCUT2D eigenvalue weighted by Crippen LogP contribution is -2.37. The fourth-order valence-electron chi connectivity index (χ4n) is 2.16. The number of hydrogen-bond acceptors (Lipinski definition) is 2. The molecule has 0 N–H and O–H groups in total. The lowest BCUT2D eigenvalue weighted by Gasteiger charge is -2.28. The molecule has 0 bridgehead atoms. The lowest BCUT2D eigenvalue weighted by atomic mass is 10.2. The van der Waals surface area contributed by atoms with Gasteiger partial charge in [-0.25, -0.2) is 0 Å². The van der Waals surface area contributed by atoms with Gasteiger partial charge in [-0.2, -0.15) is 0 Å². The third-order valence-corrected chi connectivity index (χ3v) is 3.08. The van der Waals surface area contributed by atoms with Crippen molar-refractivity contribution in [2.24, 2.45) is 0 Å².